The van der Waals surface area contributed by atoms with Crippen molar-refractivity contribution in [2.45, 2.75) is 6.42 Å². The molecular weight excluding hydrogens is 491 g/mol. The van der Waals surface area contributed by atoms with Gasteiger partial charge in [-0.05, 0) is 48.6 Å². The average Bonchev–Trinajstić information content (AvgIpc) is 3.54. The van der Waals surface area contributed by atoms with Gasteiger partial charge in [0, 0.05) is 37.9 Å². The van der Waals surface area contributed by atoms with Gasteiger partial charge >= 0.3 is 0 Å². The monoisotopic (exact) mass is 512 g/mol. The van der Waals surface area contributed by atoms with E-state index in [2.05, 4.69) is 4.90 Å². The van der Waals surface area contributed by atoms with E-state index in [1.54, 1.807) is 18.2 Å². The normalized spacial score (nSPS) is 27.2. The molecule has 2 saturated heterocycles. The van der Waals surface area contributed by atoms with Crippen LogP contribution in [0.15, 0.2) is 48.6 Å². The number of amides is 2. The molecule has 0 radical (unpaired) electrons. The lowest BCUT2D eigenvalue weighted by atomic mass is 9.85. The third-order valence-corrected chi connectivity index (χ3v) is 8.51. The molecule has 2 bridgehead atoms. The molecule has 2 aromatic carbocycles. The highest BCUT2D eigenvalue weighted by Crippen LogP contribution is 2.53. The summed E-state index contributed by atoms with van der Waals surface area (Å²) in [5, 5.41) is 13.0. The van der Waals surface area contributed by atoms with E-state index in [-0.39, 0.29) is 46.9 Å². The van der Waals surface area contributed by atoms with Gasteiger partial charge in [-0.3, -0.25) is 19.7 Å². The summed E-state index contributed by atoms with van der Waals surface area (Å²) in [5.41, 5.74) is 1.60. The number of anilines is 3. The molecule has 1 saturated carbocycles. The minimum absolute atomic E-state index is 0.0903. The molecule has 180 valence electrons. The molecule has 2 aliphatic carbocycles. The molecule has 8 nitrogen and oxygen atoms in total. The number of halogens is 2. The second kappa shape index (κ2) is 8.24. The van der Waals surface area contributed by atoms with Crippen molar-refractivity contribution in [3.63, 3.8) is 0 Å². The standard InChI is InChI=1S/C25H22Cl2N4O4/c26-18-5-3-16(12-19(18)27)28-7-9-29(10-8-28)20-6-4-17(13-21(20)31(34)35)30-24(32)22-14-1-2-15(11-14)23(22)25(30)33/h1-6,12-15,22-23H,7-11H2/t14-,15-,22+,23+/m0/s1. The van der Waals surface area contributed by atoms with Crippen LogP contribution in [0.1, 0.15) is 6.42 Å². The maximum absolute atomic E-state index is 13.1. The molecule has 2 aromatic rings. The SMILES string of the molecule is O=C1[C@H]2[C@H](C(=O)N1c1ccc(N3CCN(c4ccc(Cl)c(Cl)c4)CC3)c([N+](=O)[O-])c1)[C@H]1C=C[C@H]2C1. The largest absolute Gasteiger partial charge is 0.368 e. The van der Waals surface area contributed by atoms with Gasteiger partial charge in [-0.25, -0.2) is 4.90 Å². The number of hydrogen-bond acceptors (Lipinski definition) is 6. The summed E-state index contributed by atoms with van der Waals surface area (Å²) in [6, 6.07) is 10.2. The first-order valence-corrected chi connectivity index (χ1v) is 12.4. The quantitative estimate of drug-likeness (QED) is 0.258. The molecule has 2 aliphatic heterocycles. The average molecular weight is 513 g/mol. The number of carbonyl (C=O) groups excluding carboxylic acids is 2. The Balaban J connectivity index is 1.23. The number of rotatable bonds is 4. The third-order valence-electron chi connectivity index (χ3n) is 7.77. The van der Waals surface area contributed by atoms with Gasteiger partial charge in [0.15, 0.2) is 0 Å². The molecule has 2 heterocycles. The fraction of sp³-hybridized carbons (Fsp3) is 0.360. The Bertz CT molecular complexity index is 1260. The zero-order valence-corrected chi connectivity index (χ0v) is 20.2. The number of carbonyl (C=O) groups is 2. The summed E-state index contributed by atoms with van der Waals surface area (Å²) in [5.74, 6) is -0.986. The Morgan fingerprint density at radius 3 is 2.00 bits per heavy atom. The number of fused-ring (bicyclic) bond motifs is 5. The Labute approximate surface area is 211 Å². The first-order valence-electron chi connectivity index (χ1n) is 11.6. The number of nitrogens with zero attached hydrogens (tertiary/aromatic N) is 4. The lowest BCUT2D eigenvalue weighted by Crippen LogP contribution is -2.46. The molecule has 3 fully saturated rings. The van der Waals surface area contributed by atoms with Crippen LogP contribution in [-0.4, -0.2) is 42.9 Å². The summed E-state index contributed by atoms with van der Waals surface area (Å²) >= 11 is 12.2. The molecule has 0 unspecified atom stereocenters. The highest BCUT2D eigenvalue weighted by molar-refractivity contribution is 6.42. The van der Waals surface area contributed by atoms with E-state index in [4.69, 9.17) is 23.2 Å². The predicted molar refractivity (Wildman–Crippen MR) is 134 cm³/mol. The highest BCUT2D eigenvalue weighted by atomic mass is 35.5. The number of hydrogen-bond donors (Lipinski definition) is 0. The van der Waals surface area contributed by atoms with Crippen molar-refractivity contribution in [2.75, 3.05) is 40.9 Å². The van der Waals surface area contributed by atoms with Crippen molar-refractivity contribution in [2.24, 2.45) is 23.7 Å². The van der Waals surface area contributed by atoms with E-state index >= 15 is 0 Å². The fourth-order valence-electron chi connectivity index (χ4n) is 6.11. The highest BCUT2D eigenvalue weighted by Gasteiger charge is 2.59. The molecule has 0 N–H and O–H groups in total. The minimum atomic E-state index is -0.443. The maximum atomic E-state index is 13.1. The van der Waals surface area contributed by atoms with Crippen molar-refractivity contribution in [1.29, 1.82) is 0 Å². The summed E-state index contributed by atoms with van der Waals surface area (Å²) in [7, 11) is 0. The second-order valence-electron chi connectivity index (χ2n) is 9.51. The number of benzene rings is 2. The van der Waals surface area contributed by atoms with Crippen LogP contribution in [-0.2, 0) is 9.59 Å². The summed E-state index contributed by atoms with van der Waals surface area (Å²) in [6.45, 7) is 2.45. The van der Waals surface area contributed by atoms with Crippen molar-refractivity contribution < 1.29 is 14.5 Å². The van der Waals surface area contributed by atoms with E-state index in [1.807, 2.05) is 29.2 Å². The molecule has 4 atom stereocenters. The van der Waals surface area contributed by atoms with Gasteiger partial charge in [-0.15, -0.1) is 0 Å². The third kappa shape index (κ3) is 3.50. The molecular formula is C25H22Cl2N4O4. The van der Waals surface area contributed by atoms with Gasteiger partial charge < -0.3 is 9.80 Å². The van der Waals surface area contributed by atoms with Gasteiger partial charge in [0.1, 0.15) is 5.69 Å². The molecule has 0 aromatic heterocycles. The Hall–Kier alpha value is -3.10. The first kappa shape index (κ1) is 22.4. The number of piperazine rings is 1. The number of nitro groups is 1. The lowest BCUT2D eigenvalue weighted by molar-refractivity contribution is -0.384. The van der Waals surface area contributed by atoms with Gasteiger partial charge in [0.2, 0.25) is 11.8 Å². The van der Waals surface area contributed by atoms with Crippen molar-refractivity contribution in [1.82, 2.24) is 0 Å². The van der Waals surface area contributed by atoms with E-state index in [0.717, 1.165) is 12.1 Å². The van der Waals surface area contributed by atoms with Crippen LogP contribution in [0.4, 0.5) is 22.7 Å². The Morgan fingerprint density at radius 2 is 1.40 bits per heavy atom. The molecule has 2 amide bonds. The summed E-state index contributed by atoms with van der Waals surface area (Å²) in [4.78, 5) is 43.1. The molecule has 6 rings (SSSR count). The van der Waals surface area contributed by atoms with Gasteiger partial charge in [-0.2, -0.15) is 0 Å². The van der Waals surface area contributed by atoms with Crippen LogP contribution in [0.5, 0.6) is 0 Å². The first-order chi connectivity index (χ1) is 16.8. The van der Waals surface area contributed by atoms with Crippen molar-refractivity contribution >= 4 is 57.8 Å². The van der Waals surface area contributed by atoms with E-state index in [1.165, 1.54) is 11.0 Å². The Kier molecular flexibility index (Phi) is 5.27. The molecule has 10 heteroatoms. The number of imide groups is 1. The van der Waals surface area contributed by atoms with Gasteiger partial charge in [0.25, 0.3) is 5.69 Å². The summed E-state index contributed by atoms with van der Waals surface area (Å²) < 4.78 is 0. The second-order valence-corrected chi connectivity index (χ2v) is 10.3. The van der Waals surface area contributed by atoms with E-state index in [0.29, 0.717) is 41.9 Å². The van der Waals surface area contributed by atoms with Crippen molar-refractivity contribution in [3.05, 3.63) is 68.7 Å². The number of allylic oxidation sites excluding steroid dienone is 2. The van der Waals surface area contributed by atoms with Crippen LogP contribution >= 0.6 is 23.2 Å². The van der Waals surface area contributed by atoms with Crippen LogP contribution in [0.25, 0.3) is 0 Å². The zero-order chi connectivity index (χ0) is 24.4. The lowest BCUT2D eigenvalue weighted by Gasteiger charge is -2.37. The van der Waals surface area contributed by atoms with Crippen LogP contribution < -0.4 is 14.7 Å². The van der Waals surface area contributed by atoms with Crippen LogP contribution in [0, 0.1) is 33.8 Å². The van der Waals surface area contributed by atoms with Crippen LogP contribution in [0.3, 0.4) is 0 Å². The van der Waals surface area contributed by atoms with Gasteiger partial charge in [-0.1, -0.05) is 35.4 Å². The molecule has 4 aliphatic rings. The minimum Gasteiger partial charge on any atom is -0.368 e. The smallest absolute Gasteiger partial charge is 0.294 e. The van der Waals surface area contributed by atoms with E-state index in [9.17, 15) is 19.7 Å². The van der Waals surface area contributed by atoms with E-state index < -0.39 is 4.92 Å². The molecule has 35 heavy (non-hydrogen) atoms. The van der Waals surface area contributed by atoms with Gasteiger partial charge in [0.05, 0.1) is 32.5 Å². The zero-order valence-electron chi connectivity index (χ0n) is 18.6. The predicted octanol–water partition coefficient (Wildman–Crippen LogP) is 4.54. The topological polar surface area (TPSA) is 87.0 Å². The fourth-order valence-corrected chi connectivity index (χ4v) is 6.40. The summed E-state index contributed by atoms with van der Waals surface area (Å²) in [6.07, 6.45) is 4.90. The number of nitro benzene ring substituents is 1. The van der Waals surface area contributed by atoms with Crippen molar-refractivity contribution in [3.8, 4) is 0 Å². The maximum Gasteiger partial charge on any atom is 0.294 e. The molecule has 0 spiro atoms. The van der Waals surface area contributed by atoms with Crippen LogP contribution in [0.2, 0.25) is 10.0 Å². The Morgan fingerprint density at radius 1 is 0.800 bits per heavy atom.